The second-order valence-corrected chi connectivity index (χ2v) is 4.82. The number of aryl methyl sites for hydroxylation is 1. The number of likely N-dealkylation sites (N-methyl/N-ethyl adjacent to an activating group) is 1. The third-order valence-corrected chi connectivity index (χ3v) is 3.05. The van der Waals surface area contributed by atoms with Crippen LogP contribution in [-0.4, -0.2) is 44.1 Å². The molecule has 1 saturated heterocycles. The first-order valence-corrected chi connectivity index (χ1v) is 6.29. The molecule has 6 heteroatoms. The van der Waals surface area contributed by atoms with Crippen molar-refractivity contribution >= 4 is 24.5 Å². The fraction of sp³-hybridized carbons (Fsp3) is 0.286. The van der Waals surface area contributed by atoms with Gasteiger partial charge in [0.25, 0.3) is 0 Å². The van der Waals surface area contributed by atoms with E-state index in [1.807, 2.05) is 31.2 Å². The number of rotatable bonds is 2. The highest BCUT2D eigenvalue weighted by atomic mass is 16.6. The molecular weight excluding hydrogens is 257 g/mol. The third-order valence-electron chi connectivity index (χ3n) is 3.05. The molecule has 0 N–H and O–H groups in total. The Morgan fingerprint density at radius 1 is 1.20 bits per heavy atom. The van der Waals surface area contributed by atoms with Gasteiger partial charge >= 0.3 is 19.1 Å². The number of carbonyl (C=O) groups is 2. The standard InChI is InChI=1S/C14H16BNO4/c1-10-6-4-5-7-12(10)11(2)15-19-13(17)8-16(3)9-14(18)20-15/h4-7H,2,8-9H2,1,3H3. The maximum Gasteiger partial charge on any atom is 0.636 e. The second-order valence-electron chi connectivity index (χ2n) is 4.82. The molecule has 0 aliphatic carbocycles. The summed E-state index contributed by atoms with van der Waals surface area (Å²) in [6.07, 6.45) is 0. The van der Waals surface area contributed by atoms with E-state index in [1.165, 1.54) is 4.90 Å². The normalized spacial score (nSPS) is 17.0. The highest BCUT2D eigenvalue weighted by Crippen LogP contribution is 2.21. The molecular formula is C14H16BNO4. The van der Waals surface area contributed by atoms with E-state index in [-0.39, 0.29) is 13.1 Å². The molecule has 20 heavy (non-hydrogen) atoms. The smallest absolute Gasteiger partial charge is 0.494 e. The molecule has 5 nitrogen and oxygen atoms in total. The van der Waals surface area contributed by atoms with Crippen molar-refractivity contribution in [3.8, 4) is 0 Å². The summed E-state index contributed by atoms with van der Waals surface area (Å²) in [5.41, 5.74) is 2.25. The van der Waals surface area contributed by atoms with Crippen LogP contribution in [-0.2, 0) is 18.9 Å². The van der Waals surface area contributed by atoms with Crippen LogP contribution in [0, 0.1) is 6.92 Å². The molecule has 104 valence electrons. The van der Waals surface area contributed by atoms with E-state index in [1.54, 1.807) is 7.05 Å². The van der Waals surface area contributed by atoms with Gasteiger partial charge in [-0.1, -0.05) is 30.8 Å². The molecule has 0 saturated carbocycles. The highest BCUT2D eigenvalue weighted by Gasteiger charge is 2.35. The SMILES string of the molecule is C=C(B1OC(=O)CN(C)CC(=O)O1)c1ccccc1C. The lowest BCUT2D eigenvalue weighted by molar-refractivity contribution is -0.145. The largest absolute Gasteiger partial charge is 0.636 e. The van der Waals surface area contributed by atoms with Crippen molar-refractivity contribution in [2.45, 2.75) is 6.92 Å². The van der Waals surface area contributed by atoms with Crippen LogP contribution >= 0.6 is 0 Å². The highest BCUT2D eigenvalue weighted by molar-refractivity contribution is 6.70. The van der Waals surface area contributed by atoms with Gasteiger partial charge in [-0.25, -0.2) is 0 Å². The van der Waals surface area contributed by atoms with Crippen molar-refractivity contribution in [3.63, 3.8) is 0 Å². The van der Waals surface area contributed by atoms with E-state index < -0.39 is 19.1 Å². The molecule has 2 rings (SSSR count). The Hall–Kier alpha value is -2.08. The monoisotopic (exact) mass is 273 g/mol. The van der Waals surface area contributed by atoms with Crippen molar-refractivity contribution in [2.24, 2.45) is 0 Å². The van der Waals surface area contributed by atoms with Crippen molar-refractivity contribution < 1.29 is 18.9 Å². The second kappa shape index (κ2) is 5.92. The van der Waals surface area contributed by atoms with Crippen molar-refractivity contribution in [2.75, 3.05) is 20.1 Å². The summed E-state index contributed by atoms with van der Waals surface area (Å²) in [6, 6.07) is 7.52. The van der Waals surface area contributed by atoms with E-state index in [0.717, 1.165) is 11.1 Å². The fourth-order valence-corrected chi connectivity index (χ4v) is 2.04. The summed E-state index contributed by atoms with van der Waals surface area (Å²) in [4.78, 5) is 24.9. The average molecular weight is 273 g/mol. The molecule has 0 aromatic heterocycles. The summed E-state index contributed by atoms with van der Waals surface area (Å²) in [5.74, 6) is -0.889. The molecule has 1 fully saturated rings. The van der Waals surface area contributed by atoms with Gasteiger partial charge in [-0.3, -0.25) is 14.5 Å². The van der Waals surface area contributed by atoms with E-state index in [2.05, 4.69) is 6.58 Å². The Balaban J connectivity index is 2.22. The summed E-state index contributed by atoms with van der Waals surface area (Å²) in [5, 5.41) is 0. The van der Waals surface area contributed by atoms with E-state index in [0.29, 0.717) is 5.47 Å². The first kappa shape index (κ1) is 14.3. The molecule has 0 amide bonds. The van der Waals surface area contributed by atoms with Gasteiger partial charge in [0.05, 0.1) is 13.1 Å². The first-order valence-electron chi connectivity index (χ1n) is 6.29. The lowest BCUT2D eigenvalue weighted by atomic mass is 9.73. The quantitative estimate of drug-likeness (QED) is 0.754. The predicted octanol–water partition coefficient (Wildman–Crippen LogP) is 1.07. The van der Waals surface area contributed by atoms with Crippen LogP contribution in [0.5, 0.6) is 0 Å². The Bertz CT molecular complexity index is 538. The number of hydrogen-bond donors (Lipinski definition) is 0. The minimum Gasteiger partial charge on any atom is -0.494 e. The molecule has 1 aliphatic rings. The van der Waals surface area contributed by atoms with Gasteiger partial charge in [0.2, 0.25) is 0 Å². The molecule has 0 spiro atoms. The van der Waals surface area contributed by atoms with Crippen molar-refractivity contribution in [1.82, 2.24) is 4.90 Å². The maximum atomic E-state index is 11.7. The Morgan fingerprint density at radius 3 is 2.30 bits per heavy atom. The van der Waals surface area contributed by atoms with E-state index in [9.17, 15) is 9.59 Å². The molecule has 0 bridgehead atoms. The Kier molecular flexibility index (Phi) is 4.24. The fourth-order valence-electron chi connectivity index (χ4n) is 2.04. The zero-order valence-electron chi connectivity index (χ0n) is 11.6. The number of carbonyl (C=O) groups excluding carboxylic acids is 2. The molecule has 0 atom stereocenters. The van der Waals surface area contributed by atoms with E-state index in [4.69, 9.17) is 9.31 Å². The third kappa shape index (κ3) is 3.27. The minimum atomic E-state index is -1.07. The topological polar surface area (TPSA) is 55.8 Å². The zero-order chi connectivity index (χ0) is 14.7. The number of nitrogens with zero attached hydrogens (tertiary/aromatic N) is 1. The van der Waals surface area contributed by atoms with Gasteiger partial charge in [-0.15, -0.1) is 0 Å². The number of hydrogen-bond acceptors (Lipinski definition) is 5. The summed E-state index contributed by atoms with van der Waals surface area (Å²) in [6.45, 7) is 5.92. The summed E-state index contributed by atoms with van der Waals surface area (Å²) < 4.78 is 10.4. The van der Waals surface area contributed by atoms with Crippen molar-refractivity contribution in [1.29, 1.82) is 0 Å². The average Bonchev–Trinajstić information content (AvgIpc) is 2.35. The van der Waals surface area contributed by atoms with Gasteiger partial charge in [-0.2, -0.15) is 0 Å². The first-order chi connectivity index (χ1) is 9.47. The summed E-state index contributed by atoms with van der Waals surface area (Å²) in [7, 11) is 0.587. The molecule has 1 aromatic rings. The zero-order valence-corrected chi connectivity index (χ0v) is 11.6. The maximum absolute atomic E-state index is 11.7. The predicted molar refractivity (Wildman–Crippen MR) is 75.6 cm³/mol. The van der Waals surface area contributed by atoms with Gasteiger partial charge in [-0.05, 0) is 25.1 Å². The molecule has 1 aliphatic heterocycles. The van der Waals surface area contributed by atoms with Crippen LogP contribution in [0.4, 0.5) is 0 Å². The van der Waals surface area contributed by atoms with Gasteiger partial charge in [0.1, 0.15) is 0 Å². The van der Waals surface area contributed by atoms with Gasteiger partial charge in [0, 0.05) is 5.47 Å². The Morgan fingerprint density at radius 2 is 1.75 bits per heavy atom. The van der Waals surface area contributed by atoms with Crippen molar-refractivity contribution in [3.05, 3.63) is 42.0 Å². The summed E-state index contributed by atoms with van der Waals surface area (Å²) >= 11 is 0. The number of benzene rings is 1. The Labute approximate surface area is 118 Å². The van der Waals surface area contributed by atoms with Crippen LogP contribution in [0.25, 0.3) is 5.47 Å². The van der Waals surface area contributed by atoms with Crippen LogP contribution in [0.15, 0.2) is 30.8 Å². The van der Waals surface area contributed by atoms with Gasteiger partial charge in [0.15, 0.2) is 0 Å². The molecule has 1 heterocycles. The minimum absolute atomic E-state index is 0.0483. The molecule has 0 unspecified atom stereocenters. The molecule has 0 radical (unpaired) electrons. The van der Waals surface area contributed by atoms with Crippen LogP contribution < -0.4 is 0 Å². The lowest BCUT2D eigenvalue weighted by Crippen LogP contribution is -2.43. The van der Waals surface area contributed by atoms with Crippen LogP contribution in [0.3, 0.4) is 0 Å². The lowest BCUT2D eigenvalue weighted by Gasteiger charge is -2.23. The molecule has 1 aromatic carbocycles. The van der Waals surface area contributed by atoms with E-state index >= 15 is 0 Å². The van der Waals surface area contributed by atoms with Crippen LogP contribution in [0.1, 0.15) is 11.1 Å². The van der Waals surface area contributed by atoms with Gasteiger partial charge < -0.3 is 9.31 Å². The van der Waals surface area contributed by atoms with Crippen LogP contribution in [0.2, 0.25) is 0 Å².